The van der Waals surface area contributed by atoms with Crippen LogP contribution in [0.2, 0.25) is 0 Å². The lowest BCUT2D eigenvalue weighted by molar-refractivity contribution is -0.959. The molecule has 36 heavy (non-hydrogen) atoms. The summed E-state index contributed by atoms with van der Waals surface area (Å²) in [6, 6.07) is 0. The average Bonchev–Trinajstić information content (AvgIpc) is 2.84. The molecule has 0 aromatic rings. The number of rotatable bonds is 24. The standard InChI is InChI=1S/C22H44O2.C8H21N2O.ClH/c1-2-3-4-5-6-7-8-9-10-11-12-13-14-15-16-17-18-19-20-21-22(23)24;1-5-7(9)10(3,4)8(11)6-2;/h2-21H2,1H3,(H,23,24);7-8,11H,5-6,9H2,1-4H3;1H/q;+1;. The number of nitrogens with two attached hydrogens (primary N) is 1. The molecule has 0 bridgehead atoms. The largest absolute Gasteiger partial charge is 0.481 e. The average molecular weight is 538 g/mol. The molecule has 220 valence electrons. The molecule has 5 nitrogen and oxygen atoms in total. The van der Waals surface area contributed by atoms with E-state index in [9.17, 15) is 9.90 Å². The molecule has 0 saturated carbocycles. The highest BCUT2D eigenvalue weighted by atomic mass is 35.5. The minimum absolute atomic E-state index is 0. The van der Waals surface area contributed by atoms with Crippen molar-refractivity contribution in [2.24, 2.45) is 5.73 Å². The van der Waals surface area contributed by atoms with Gasteiger partial charge in [0.25, 0.3) is 0 Å². The Morgan fingerprint density at radius 3 is 1.19 bits per heavy atom. The minimum Gasteiger partial charge on any atom is -0.481 e. The summed E-state index contributed by atoms with van der Waals surface area (Å²) in [4.78, 5) is 10.4. The van der Waals surface area contributed by atoms with Crippen LogP contribution in [0.3, 0.4) is 0 Å². The first kappa shape index (κ1) is 40.1. The number of carboxylic acids is 1. The van der Waals surface area contributed by atoms with Crippen molar-refractivity contribution in [1.82, 2.24) is 0 Å². The van der Waals surface area contributed by atoms with Crippen LogP contribution >= 0.6 is 12.4 Å². The molecule has 4 N–H and O–H groups in total. The van der Waals surface area contributed by atoms with E-state index in [4.69, 9.17) is 10.8 Å². The zero-order valence-corrected chi connectivity index (χ0v) is 25.8. The van der Waals surface area contributed by atoms with Gasteiger partial charge in [-0.05, 0) is 6.42 Å². The predicted octanol–water partition coefficient (Wildman–Crippen LogP) is 8.80. The van der Waals surface area contributed by atoms with Gasteiger partial charge in [0.2, 0.25) is 0 Å². The number of unbranched alkanes of at least 4 members (excludes halogenated alkanes) is 18. The molecule has 2 atom stereocenters. The molecule has 0 spiro atoms. The quantitative estimate of drug-likeness (QED) is 0.0652. The van der Waals surface area contributed by atoms with Crippen molar-refractivity contribution >= 4 is 18.4 Å². The molecule has 0 rings (SSSR count). The van der Waals surface area contributed by atoms with Gasteiger partial charge in [-0.2, -0.15) is 0 Å². The van der Waals surface area contributed by atoms with Crippen LogP contribution in [0, 0.1) is 0 Å². The number of carbonyl (C=O) groups is 1. The van der Waals surface area contributed by atoms with E-state index < -0.39 is 5.97 Å². The van der Waals surface area contributed by atoms with Gasteiger partial charge in [-0.3, -0.25) is 15.0 Å². The van der Waals surface area contributed by atoms with E-state index >= 15 is 0 Å². The van der Waals surface area contributed by atoms with Gasteiger partial charge in [0.1, 0.15) is 6.17 Å². The Labute approximate surface area is 232 Å². The molecule has 0 aliphatic rings. The van der Waals surface area contributed by atoms with E-state index in [1.807, 2.05) is 27.9 Å². The summed E-state index contributed by atoms with van der Waals surface area (Å²) in [7, 11) is 3.92. The van der Waals surface area contributed by atoms with Crippen LogP contribution < -0.4 is 5.73 Å². The lowest BCUT2D eigenvalue weighted by Crippen LogP contribution is -2.59. The second-order valence-electron chi connectivity index (χ2n) is 11.0. The van der Waals surface area contributed by atoms with Gasteiger partial charge in [-0.1, -0.05) is 136 Å². The summed E-state index contributed by atoms with van der Waals surface area (Å²) >= 11 is 0. The van der Waals surface area contributed by atoms with Crippen molar-refractivity contribution in [3.05, 3.63) is 0 Å². The van der Waals surface area contributed by atoms with Crippen molar-refractivity contribution in [1.29, 1.82) is 0 Å². The van der Waals surface area contributed by atoms with Gasteiger partial charge in [0.15, 0.2) is 6.23 Å². The molecule has 0 aromatic carbocycles. The van der Waals surface area contributed by atoms with Crippen molar-refractivity contribution in [2.45, 2.75) is 174 Å². The highest BCUT2D eigenvalue weighted by Crippen LogP contribution is 2.15. The number of aliphatic hydroxyl groups is 1. The maximum absolute atomic E-state index is 10.4. The molecule has 0 radical (unpaired) electrons. The SMILES string of the molecule is CCC(N)[N+](C)(C)C(O)CC.CCCCCCCCCCCCCCCCCCCCCC(=O)O.Cl. The van der Waals surface area contributed by atoms with Gasteiger partial charge in [0, 0.05) is 19.3 Å². The lowest BCUT2D eigenvalue weighted by atomic mass is 10.0. The van der Waals surface area contributed by atoms with E-state index in [1.165, 1.54) is 109 Å². The van der Waals surface area contributed by atoms with E-state index in [1.54, 1.807) is 0 Å². The molecule has 0 aromatic heterocycles. The lowest BCUT2D eigenvalue weighted by Gasteiger charge is -2.38. The van der Waals surface area contributed by atoms with E-state index in [0.717, 1.165) is 25.7 Å². The third-order valence-electron chi connectivity index (χ3n) is 7.40. The van der Waals surface area contributed by atoms with Gasteiger partial charge < -0.3 is 10.2 Å². The van der Waals surface area contributed by atoms with Crippen LogP contribution in [0.25, 0.3) is 0 Å². The summed E-state index contributed by atoms with van der Waals surface area (Å²) in [6.07, 6.45) is 27.4. The van der Waals surface area contributed by atoms with Crippen LogP contribution in [0.15, 0.2) is 0 Å². The number of hydrogen-bond donors (Lipinski definition) is 3. The normalized spacial score (nSPS) is 12.9. The summed E-state index contributed by atoms with van der Waals surface area (Å²) in [5.74, 6) is -0.651. The fourth-order valence-electron chi connectivity index (χ4n) is 4.52. The second-order valence-corrected chi connectivity index (χ2v) is 11.0. The molecule has 0 saturated heterocycles. The Balaban J connectivity index is -0.000000764. The Morgan fingerprint density at radius 2 is 0.944 bits per heavy atom. The number of halogens is 1. The molecule has 0 fully saturated rings. The molecule has 0 aliphatic carbocycles. The van der Waals surface area contributed by atoms with Crippen LogP contribution in [0.5, 0.6) is 0 Å². The van der Waals surface area contributed by atoms with Crippen molar-refractivity contribution in [2.75, 3.05) is 14.1 Å². The Kier molecular flexibility index (Phi) is 32.6. The zero-order valence-electron chi connectivity index (χ0n) is 24.9. The first-order valence-electron chi connectivity index (χ1n) is 15.2. The molecular formula is C30H66ClN2O3+. The molecule has 2 unspecified atom stereocenters. The maximum Gasteiger partial charge on any atom is 0.303 e. The predicted molar refractivity (Wildman–Crippen MR) is 160 cm³/mol. The third-order valence-corrected chi connectivity index (χ3v) is 7.40. The maximum atomic E-state index is 10.4. The summed E-state index contributed by atoms with van der Waals surface area (Å²) in [5.41, 5.74) is 5.84. The summed E-state index contributed by atoms with van der Waals surface area (Å²) in [6.45, 7) is 6.28. The summed E-state index contributed by atoms with van der Waals surface area (Å²) in [5, 5.41) is 18.1. The number of carboxylic acid groups (broad SMARTS) is 1. The molecule has 0 amide bonds. The van der Waals surface area contributed by atoms with Crippen LogP contribution in [0.4, 0.5) is 0 Å². The smallest absolute Gasteiger partial charge is 0.303 e. The molecular weight excluding hydrogens is 472 g/mol. The van der Waals surface area contributed by atoms with Gasteiger partial charge in [0.05, 0.1) is 14.1 Å². The number of hydrogen-bond acceptors (Lipinski definition) is 3. The number of aliphatic carboxylic acids is 1. The molecule has 0 aliphatic heterocycles. The zero-order chi connectivity index (χ0) is 26.8. The Morgan fingerprint density at radius 1 is 0.639 bits per heavy atom. The van der Waals surface area contributed by atoms with Crippen LogP contribution in [0.1, 0.15) is 162 Å². The van der Waals surface area contributed by atoms with E-state index in [0.29, 0.717) is 10.9 Å². The monoisotopic (exact) mass is 537 g/mol. The molecule has 6 heteroatoms. The topological polar surface area (TPSA) is 83.5 Å². The Hall–Kier alpha value is -0.360. The van der Waals surface area contributed by atoms with Crippen LogP contribution in [-0.2, 0) is 4.79 Å². The second kappa shape index (κ2) is 29.2. The first-order valence-corrected chi connectivity index (χ1v) is 15.2. The van der Waals surface area contributed by atoms with Crippen LogP contribution in [-0.4, -0.2) is 47.2 Å². The van der Waals surface area contributed by atoms with Gasteiger partial charge >= 0.3 is 5.97 Å². The minimum atomic E-state index is -0.651. The third kappa shape index (κ3) is 26.7. The van der Waals surface area contributed by atoms with Crippen molar-refractivity contribution in [3.63, 3.8) is 0 Å². The van der Waals surface area contributed by atoms with Gasteiger partial charge in [-0.15, -0.1) is 12.4 Å². The number of quaternary nitrogens is 1. The highest BCUT2D eigenvalue weighted by molar-refractivity contribution is 5.85. The fourth-order valence-corrected chi connectivity index (χ4v) is 4.52. The molecule has 0 heterocycles. The van der Waals surface area contributed by atoms with Crippen molar-refractivity contribution < 1.29 is 19.5 Å². The fraction of sp³-hybridized carbons (Fsp3) is 0.967. The van der Waals surface area contributed by atoms with E-state index in [-0.39, 0.29) is 24.8 Å². The highest BCUT2D eigenvalue weighted by Gasteiger charge is 2.29. The Bertz CT molecular complexity index is 438. The number of nitrogens with zero attached hydrogens (tertiary/aromatic N) is 1. The summed E-state index contributed by atoms with van der Waals surface area (Å²) < 4.78 is 0.493. The first-order chi connectivity index (χ1) is 16.7. The number of aliphatic hydroxyl groups excluding tert-OH is 1. The van der Waals surface area contributed by atoms with E-state index in [2.05, 4.69) is 6.92 Å². The van der Waals surface area contributed by atoms with Crippen molar-refractivity contribution in [3.8, 4) is 0 Å². The van der Waals surface area contributed by atoms with Gasteiger partial charge in [-0.25, -0.2) is 0 Å².